The molecule has 150 valence electrons. The lowest BCUT2D eigenvalue weighted by molar-refractivity contribution is -0.136. The van der Waals surface area contributed by atoms with Crippen LogP contribution >= 0.6 is 0 Å². The third-order valence-corrected chi connectivity index (χ3v) is 6.95. The molecule has 0 radical (unpaired) electrons. The minimum Gasteiger partial charge on any atom is -0.383 e. The fraction of sp³-hybridized carbons (Fsp3) is 0.600. The van der Waals surface area contributed by atoms with E-state index < -0.39 is 28.0 Å². The van der Waals surface area contributed by atoms with Crippen LogP contribution in [0.25, 0.3) is 11.0 Å². The van der Waals surface area contributed by atoms with Crippen LogP contribution in [0.3, 0.4) is 0 Å². The van der Waals surface area contributed by atoms with Crippen molar-refractivity contribution >= 4 is 27.1 Å². The van der Waals surface area contributed by atoms with Gasteiger partial charge in [-0.2, -0.15) is 35.3 Å². The Bertz CT molecular complexity index is 939. The van der Waals surface area contributed by atoms with Crippen molar-refractivity contribution in [1.29, 1.82) is 0 Å². The molecule has 2 aromatic rings. The Morgan fingerprint density at radius 1 is 1.37 bits per heavy atom. The van der Waals surface area contributed by atoms with E-state index in [4.69, 9.17) is 5.73 Å². The van der Waals surface area contributed by atoms with E-state index in [1.54, 1.807) is 13.8 Å². The van der Waals surface area contributed by atoms with Crippen molar-refractivity contribution in [3.05, 3.63) is 17.3 Å². The van der Waals surface area contributed by atoms with Crippen molar-refractivity contribution in [3.63, 3.8) is 0 Å². The van der Waals surface area contributed by atoms with E-state index in [0.29, 0.717) is 12.8 Å². The minimum absolute atomic E-state index is 0.0227. The fourth-order valence-electron chi connectivity index (χ4n) is 3.47. The zero-order valence-electron chi connectivity index (χ0n) is 14.9. The van der Waals surface area contributed by atoms with Gasteiger partial charge in [0.2, 0.25) is 0 Å². The normalized spacial score (nSPS) is 19.4. The summed E-state index contributed by atoms with van der Waals surface area (Å²) in [6, 6.07) is 0.105. The third kappa shape index (κ3) is 3.36. The molecule has 0 aromatic carbocycles. The Morgan fingerprint density at radius 3 is 2.63 bits per heavy atom. The van der Waals surface area contributed by atoms with E-state index in [9.17, 15) is 21.6 Å². The molecule has 12 heteroatoms. The number of pyridine rings is 1. The van der Waals surface area contributed by atoms with Crippen LogP contribution in [0.1, 0.15) is 44.0 Å². The number of alkyl halides is 3. The van der Waals surface area contributed by atoms with Gasteiger partial charge in [-0.15, -0.1) is 0 Å². The summed E-state index contributed by atoms with van der Waals surface area (Å²) in [6.07, 6.45) is -3.75. The summed E-state index contributed by atoms with van der Waals surface area (Å²) in [5.74, 6) is -0.226. The van der Waals surface area contributed by atoms with E-state index >= 15 is 0 Å². The molecule has 1 aliphatic heterocycles. The van der Waals surface area contributed by atoms with Crippen molar-refractivity contribution in [1.82, 2.24) is 23.8 Å². The zero-order valence-corrected chi connectivity index (χ0v) is 15.7. The van der Waals surface area contributed by atoms with Gasteiger partial charge in [0.15, 0.2) is 5.65 Å². The van der Waals surface area contributed by atoms with Crippen molar-refractivity contribution in [2.24, 2.45) is 0 Å². The van der Waals surface area contributed by atoms with Crippen LogP contribution in [-0.2, 0) is 16.4 Å². The maximum atomic E-state index is 13.5. The number of hydrogen-bond acceptors (Lipinski definition) is 5. The molecule has 3 heterocycles. The van der Waals surface area contributed by atoms with E-state index in [2.05, 4.69) is 15.2 Å². The number of halogens is 3. The number of hydrogen-bond donors (Lipinski definition) is 2. The maximum Gasteiger partial charge on any atom is 0.417 e. The second-order valence-electron chi connectivity index (χ2n) is 6.29. The summed E-state index contributed by atoms with van der Waals surface area (Å²) in [7, 11) is -3.80. The van der Waals surface area contributed by atoms with Gasteiger partial charge in [-0.25, -0.2) is 4.98 Å². The molecular formula is C15H21F3N6O2S. The molecule has 3 rings (SSSR count). The number of rotatable bonds is 5. The molecule has 1 aliphatic rings. The molecule has 3 N–H and O–H groups in total. The van der Waals surface area contributed by atoms with Gasteiger partial charge in [-0.1, -0.05) is 13.8 Å². The van der Waals surface area contributed by atoms with Crippen LogP contribution in [0.2, 0.25) is 0 Å². The fourth-order valence-corrected chi connectivity index (χ4v) is 5.31. The highest BCUT2D eigenvalue weighted by atomic mass is 32.2. The highest BCUT2D eigenvalue weighted by Crippen LogP contribution is 2.40. The van der Waals surface area contributed by atoms with Crippen molar-refractivity contribution < 1.29 is 21.6 Å². The Hall–Kier alpha value is -1.92. The summed E-state index contributed by atoms with van der Waals surface area (Å²) in [4.78, 5) is 4.18. The molecule has 8 nitrogen and oxygen atoms in total. The van der Waals surface area contributed by atoms with Crippen LogP contribution < -0.4 is 5.73 Å². The first kappa shape index (κ1) is 19.8. The van der Waals surface area contributed by atoms with E-state index in [-0.39, 0.29) is 42.2 Å². The highest BCUT2D eigenvalue weighted by molar-refractivity contribution is 7.86. The zero-order chi connectivity index (χ0) is 20.0. The van der Waals surface area contributed by atoms with Crippen molar-refractivity contribution in [3.8, 4) is 0 Å². The first-order chi connectivity index (χ1) is 12.6. The molecule has 0 saturated carbocycles. The Morgan fingerprint density at radius 2 is 2.04 bits per heavy atom. The van der Waals surface area contributed by atoms with Crippen LogP contribution in [-0.4, -0.2) is 51.8 Å². The lowest BCUT2D eigenvalue weighted by Crippen LogP contribution is -2.43. The van der Waals surface area contributed by atoms with Crippen LogP contribution in [0.4, 0.5) is 19.0 Å². The highest BCUT2D eigenvalue weighted by Gasteiger charge is 2.41. The van der Waals surface area contributed by atoms with Gasteiger partial charge >= 0.3 is 6.18 Å². The Labute approximate surface area is 154 Å². The van der Waals surface area contributed by atoms with Gasteiger partial charge in [-0.05, 0) is 18.9 Å². The van der Waals surface area contributed by atoms with Crippen molar-refractivity contribution in [2.75, 3.05) is 25.4 Å². The number of nitrogens with zero attached hydrogens (tertiary/aromatic N) is 4. The van der Waals surface area contributed by atoms with Gasteiger partial charge in [0.1, 0.15) is 5.82 Å². The molecule has 27 heavy (non-hydrogen) atoms. The van der Waals surface area contributed by atoms with E-state index in [1.165, 1.54) is 8.61 Å². The Kier molecular flexibility index (Phi) is 5.08. The molecule has 1 atom stereocenters. The summed E-state index contributed by atoms with van der Waals surface area (Å²) in [6.45, 7) is 4.21. The van der Waals surface area contributed by atoms with Crippen LogP contribution in [0.15, 0.2) is 6.07 Å². The number of fused-ring (bicyclic) bond motifs is 1. The Balaban J connectivity index is 2.12. The maximum absolute atomic E-state index is 13.5. The molecule has 1 fully saturated rings. The summed E-state index contributed by atoms with van der Waals surface area (Å²) < 4.78 is 68.9. The molecule has 0 bridgehead atoms. The predicted molar refractivity (Wildman–Crippen MR) is 93.8 cm³/mol. The number of H-pyrrole nitrogens is 1. The van der Waals surface area contributed by atoms with E-state index in [1.807, 2.05) is 0 Å². The average Bonchev–Trinajstić information content (AvgIpc) is 3.22. The van der Waals surface area contributed by atoms with Crippen molar-refractivity contribution in [2.45, 2.75) is 38.9 Å². The average molecular weight is 406 g/mol. The second-order valence-corrected chi connectivity index (χ2v) is 8.17. The molecule has 0 aliphatic carbocycles. The number of nitrogens with one attached hydrogen (secondary N) is 1. The van der Waals surface area contributed by atoms with Gasteiger partial charge in [0.05, 0.1) is 22.7 Å². The van der Waals surface area contributed by atoms with Crippen LogP contribution in [0, 0.1) is 0 Å². The summed E-state index contributed by atoms with van der Waals surface area (Å²) in [5.41, 5.74) is 4.45. The smallest absolute Gasteiger partial charge is 0.383 e. The first-order valence-corrected chi connectivity index (χ1v) is 9.99. The number of aromatic amines is 1. The second kappa shape index (κ2) is 6.91. The third-order valence-electron chi connectivity index (χ3n) is 4.75. The van der Waals surface area contributed by atoms with Crippen LogP contribution in [0.5, 0.6) is 0 Å². The van der Waals surface area contributed by atoms with Gasteiger partial charge < -0.3 is 5.73 Å². The predicted octanol–water partition coefficient (Wildman–Crippen LogP) is 2.28. The quantitative estimate of drug-likeness (QED) is 0.792. The lowest BCUT2D eigenvalue weighted by Gasteiger charge is -2.29. The monoisotopic (exact) mass is 406 g/mol. The molecule has 1 saturated heterocycles. The standard InChI is InChI=1S/C15H21F3N6O2S/c1-3-23(4-2)27(25,26)24-7-5-6-11(24)10-8-9(15(16,17)18)12-13(19)21-22-14(12)20-10/h8,11H,3-7H2,1-2H3,(H3,19,20,21,22)/t11-/m0/s1. The number of nitrogen functional groups attached to an aromatic ring is 1. The number of aromatic nitrogens is 3. The summed E-state index contributed by atoms with van der Waals surface area (Å²) in [5, 5.41) is 5.75. The topological polar surface area (TPSA) is 108 Å². The first-order valence-electron chi connectivity index (χ1n) is 8.59. The molecule has 2 aromatic heterocycles. The van der Waals surface area contributed by atoms with E-state index in [0.717, 1.165) is 6.07 Å². The molecule has 0 unspecified atom stereocenters. The lowest BCUT2D eigenvalue weighted by atomic mass is 10.1. The van der Waals surface area contributed by atoms with Gasteiger partial charge in [0.25, 0.3) is 10.2 Å². The number of anilines is 1. The SMILES string of the molecule is CCN(CC)S(=O)(=O)N1CCC[C@H]1c1cc(C(F)(F)F)c2c(N)[nH]nc2n1. The van der Waals surface area contributed by atoms with Gasteiger partial charge in [-0.3, -0.25) is 5.10 Å². The summed E-state index contributed by atoms with van der Waals surface area (Å²) >= 11 is 0. The minimum atomic E-state index is -4.67. The number of nitrogens with two attached hydrogens (primary N) is 1. The largest absolute Gasteiger partial charge is 0.417 e. The molecule has 0 spiro atoms. The molecule has 0 amide bonds. The van der Waals surface area contributed by atoms with Gasteiger partial charge in [0, 0.05) is 19.6 Å². The molecular weight excluding hydrogens is 385 g/mol.